The molecule has 1 aromatic carbocycles. The fourth-order valence-corrected chi connectivity index (χ4v) is 4.54. The zero-order valence-corrected chi connectivity index (χ0v) is 18.4. The Balaban J connectivity index is 2.26. The number of carbonyl (C=O) groups excluding carboxylic acids is 1. The molecule has 0 spiro atoms. The number of hydrogen-bond acceptors (Lipinski definition) is 4. The lowest BCUT2D eigenvalue weighted by Gasteiger charge is -2.43. The molecule has 7 nitrogen and oxygen atoms in total. The quantitative estimate of drug-likeness (QED) is 0.522. The summed E-state index contributed by atoms with van der Waals surface area (Å²) < 4.78 is 6.28. The molecule has 1 aromatic rings. The van der Waals surface area contributed by atoms with E-state index in [0.29, 0.717) is 18.4 Å². The Morgan fingerprint density at radius 1 is 1.25 bits per heavy atom. The largest absolute Gasteiger partial charge is 0.465 e. The van der Waals surface area contributed by atoms with Crippen molar-refractivity contribution < 1.29 is 24.2 Å². The van der Waals surface area contributed by atoms with Crippen LogP contribution < -0.4 is 5.32 Å². The average Bonchev–Trinajstić information content (AvgIpc) is 2.72. The molecule has 2 atom stereocenters. The van der Waals surface area contributed by atoms with E-state index in [2.05, 4.69) is 26.1 Å². The highest BCUT2D eigenvalue weighted by Crippen LogP contribution is 2.41. The van der Waals surface area contributed by atoms with E-state index in [4.69, 9.17) is 4.43 Å². The number of nitrogens with one attached hydrogen (secondary N) is 1. The maximum absolute atomic E-state index is 12.6. The van der Waals surface area contributed by atoms with Crippen molar-refractivity contribution in [1.29, 1.82) is 0 Å². The standard InChI is InChI=1S/C20H32N2O5Si/c1-19(2,3)28(4,5)27-20(26)12-9-13-22(18(24)25)16(14-20)21-17(23)15-10-7-6-8-11-15/h6-8,10-11,16,26H,9,12-14H2,1-5H3,(H,21,23)(H,24,25). The Kier molecular flexibility index (Phi) is 6.57. The number of carboxylic acid groups (broad SMARTS) is 1. The number of benzene rings is 1. The fourth-order valence-electron chi connectivity index (χ4n) is 3.10. The van der Waals surface area contributed by atoms with Gasteiger partial charge < -0.3 is 20.0 Å². The number of rotatable bonds is 4. The summed E-state index contributed by atoms with van der Waals surface area (Å²) in [5, 5.41) is 23.5. The van der Waals surface area contributed by atoms with Crippen molar-refractivity contribution in [3.8, 4) is 0 Å². The molecule has 2 unspecified atom stereocenters. The second-order valence-electron chi connectivity index (χ2n) is 8.95. The third-order valence-electron chi connectivity index (χ3n) is 5.69. The van der Waals surface area contributed by atoms with E-state index < -0.39 is 26.4 Å². The number of carbonyl (C=O) groups is 2. The van der Waals surface area contributed by atoms with Gasteiger partial charge in [0.05, 0.1) is 0 Å². The van der Waals surface area contributed by atoms with Crippen molar-refractivity contribution in [3.63, 3.8) is 0 Å². The molecular weight excluding hydrogens is 376 g/mol. The van der Waals surface area contributed by atoms with Gasteiger partial charge in [0, 0.05) is 24.9 Å². The van der Waals surface area contributed by atoms with Gasteiger partial charge in [-0.05, 0) is 36.7 Å². The predicted molar refractivity (Wildman–Crippen MR) is 110 cm³/mol. The number of likely N-dealkylation sites (tertiary alicyclic amines) is 1. The smallest absolute Gasteiger partial charge is 0.408 e. The van der Waals surface area contributed by atoms with Crippen molar-refractivity contribution in [2.75, 3.05) is 6.54 Å². The maximum atomic E-state index is 12.6. The van der Waals surface area contributed by atoms with Gasteiger partial charge in [-0.15, -0.1) is 0 Å². The van der Waals surface area contributed by atoms with Crippen molar-refractivity contribution in [2.24, 2.45) is 0 Å². The van der Waals surface area contributed by atoms with Gasteiger partial charge in [0.2, 0.25) is 0 Å². The lowest BCUT2D eigenvalue weighted by atomic mass is 10.1. The second kappa shape index (κ2) is 8.22. The Morgan fingerprint density at radius 3 is 2.39 bits per heavy atom. The Hall–Kier alpha value is -1.90. The van der Waals surface area contributed by atoms with E-state index in [1.165, 1.54) is 4.90 Å². The average molecular weight is 409 g/mol. The summed E-state index contributed by atoms with van der Waals surface area (Å²) in [6.45, 7) is 10.6. The Bertz CT molecular complexity index is 704. The second-order valence-corrected chi connectivity index (χ2v) is 13.7. The molecule has 1 aliphatic rings. The number of hydrogen-bond donors (Lipinski definition) is 3. The minimum atomic E-state index is -2.30. The summed E-state index contributed by atoms with van der Waals surface area (Å²) in [5.74, 6) is -1.87. The zero-order chi connectivity index (χ0) is 21.2. The van der Waals surface area contributed by atoms with Gasteiger partial charge >= 0.3 is 6.09 Å². The molecular formula is C20H32N2O5Si. The molecule has 156 valence electrons. The van der Waals surface area contributed by atoms with E-state index in [9.17, 15) is 19.8 Å². The first-order valence-electron chi connectivity index (χ1n) is 9.63. The van der Waals surface area contributed by atoms with Crippen LogP contribution in [0.25, 0.3) is 0 Å². The van der Waals surface area contributed by atoms with Crippen molar-refractivity contribution in [2.45, 2.75) is 70.1 Å². The molecule has 1 fully saturated rings. The van der Waals surface area contributed by atoms with Crippen LogP contribution in [0.1, 0.15) is 50.4 Å². The van der Waals surface area contributed by atoms with Crippen molar-refractivity contribution in [1.82, 2.24) is 10.2 Å². The number of amides is 2. The predicted octanol–water partition coefficient (Wildman–Crippen LogP) is 3.62. The molecule has 1 heterocycles. The van der Waals surface area contributed by atoms with Crippen molar-refractivity contribution in [3.05, 3.63) is 35.9 Å². The highest BCUT2D eigenvalue weighted by Gasteiger charge is 2.47. The monoisotopic (exact) mass is 408 g/mol. The lowest BCUT2D eigenvalue weighted by molar-refractivity contribution is -0.160. The van der Waals surface area contributed by atoms with E-state index in [1.807, 2.05) is 13.1 Å². The van der Waals surface area contributed by atoms with Crippen LogP contribution in [0.15, 0.2) is 30.3 Å². The Labute approximate surface area is 167 Å². The normalized spacial score (nSPS) is 23.8. The molecule has 0 bridgehead atoms. The first-order valence-corrected chi connectivity index (χ1v) is 12.5. The molecule has 2 amide bonds. The van der Waals surface area contributed by atoms with Gasteiger partial charge in [-0.2, -0.15) is 0 Å². The van der Waals surface area contributed by atoms with Crippen LogP contribution in [0.3, 0.4) is 0 Å². The van der Waals surface area contributed by atoms with E-state index in [-0.39, 0.29) is 23.9 Å². The van der Waals surface area contributed by atoms with Gasteiger partial charge in [0.1, 0.15) is 6.17 Å². The third-order valence-corrected chi connectivity index (χ3v) is 10.2. The van der Waals surface area contributed by atoms with Gasteiger partial charge in [0.15, 0.2) is 14.1 Å². The maximum Gasteiger partial charge on any atom is 0.408 e. The van der Waals surface area contributed by atoms with Crippen molar-refractivity contribution >= 4 is 20.3 Å². The van der Waals surface area contributed by atoms with E-state index >= 15 is 0 Å². The minimum Gasteiger partial charge on any atom is -0.465 e. The molecule has 3 N–H and O–H groups in total. The molecule has 0 radical (unpaired) electrons. The Morgan fingerprint density at radius 2 is 1.86 bits per heavy atom. The van der Waals surface area contributed by atoms with Crippen LogP contribution in [-0.2, 0) is 4.43 Å². The van der Waals surface area contributed by atoms with Gasteiger partial charge in [-0.1, -0.05) is 39.0 Å². The third kappa shape index (κ3) is 5.33. The summed E-state index contributed by atoms with van der Waals surface area (Å²) in [5.41, 5.74) is 0.436. The van der Waals surface area contributed by atoms with Crippen LogP contribution >= 0.6 is 0 Å². The molecule has 1 saturated heterocycles. The summed E-state index contributed by atoms with van der Waals surface area (Å²) in [7, 11) is -2.30. The molecule has 8 heteroatoms. The highest BCUT2D eigenvalue weighted by atomic mass is 28.4. The van der Waals surface area contributed by atoms with Gasteiger partial charge in [-0.25, -0.2) is 4.79 Å². The van der Waals surface area contributed by atoms with Gasteiger partial charge in [0.25, 0.3) is 5.91 Å². The van der Waals surface area contributed by atoms with E-state index in [0.717, 1.165) is 0 Å². The first-order chi connectivity index (χ1) is 12.8. The van der Waals surface area contributed by atoms with Gasteiger partial charge in [-0.3, -0.25) is 9.69 Å². The fraction of sp³-hybridized carbons (Fsp3) is 0.600. The zero-order valence-electron chi connectivity index (χ0n) is 17.4. The first kappa shape index (κ1) is 22.4. The molecule has 2 rings (SSSR count). The van der Waals surface area contributed by atoms with Crippen LogP contribution in [0.4, 0.5) is 4.79 Å². The molecule has 28 heavy (non-hydrogen) atoms. The topological polar surface area (TPSA) is 99.1 Å². The minimum absolute atomic E-state index is 0.00954. The van der Waals surface area contributed by atoms with Crippen LogP contribution in [0.2, 0.25) is 18.1 Å². The summed E-state index contributed by atoms with van der Waals surface area (Å²) in [6, 6.07) is 8.62. The van der Waals surface area contributed by atoms with Crippen LogP contribution in [-0.4, -0.2) is 53.9 Å². The molecule has 0 aliphatic carbocycles. The van der Waals surface area contributed by atoms with Crippen LogP contribution in [0, 0.1) is 0 Å². The summed E-state index contributed by atoms with van der Waals surface area (Å²) >= 11 is 0. The van der Waals surface area contributed by atoms with Crippen LogP contribution in [0.5, 0.6) is 0 Å². The molecule has 0 aromatic heterocycles. The lowest BCUT2D eigenvalue weighted by Crippen LogP contribution is -2.55. The summed E-state index contributed by atoms with van der Waals surface area (Å²) in [4.78, 5) is 25.5. The van der Waals surface area contributed by atoms with E-state index in [1.54, 1.807) is 30.3 Å². The molecule has 1 aliphatic heterocycles. The number of nitrogens with zero attached hydrogens (tertiary/aromatic N) is 1. The SMILES string of the molecule is CC(C)(C)[Si](C)(C)OC1(O)CCCN(C(=O)O)C(NC(=O)c2ccccc2)C1. The number of aliphatic hydroxyl groups is 1. The highest BCUT2D eigenvalue weighted by molar-refractivity contribution is 6.74. The molecule has 0 saturated carbocycles. The summed E-state index contributed by atoms with van der Waals surface area (Å²) in [6.07, 6.45) is -1.24.